The van der Waals surface area contributed by atoms with Gasteiger partial charge in [-0.25, -0.2) is 0 Å². The molecule has 3 aromatic carbocycles. The van der Waals surface area contributed by atoms with Crippen molar-refractivity contribution in [1.82, 2.24) is 20.9 Å². The minimum atomic E-state index is -0.167. The lowest BCUT2D eigenvalue weighted by atomic mass is 10.2. The lowest BCUT2D eigenvalue weighted by Gasteiger charge is -2.23. The van der Waals surface area contributed by atoms with E-state index in [0.29, 0.717) is 56.0 Å². The molecule has 0 atom stereocenters. The van der Waals surface area contributed by atoms with Gasteiger partial charge < -0.3 is 20.9 Å². The van der Waals surface area contributed by atoms with Crippen LogP contribution in [-0.2, 0) is 0 Å². The number of nitrogens with one attached hydrogen (secondary N) is 3. The Morgan fingerprint density at radius 1 is 0.529 bits per heavy atom. The second kappa shape index (κ2) is 13.5. The van der Waals surface area contributed by atoms with E-state index >= 15 is 0 Å². The van der Waals surface area contributed by atoms with Gasteiger partial charge in [-0.15, -0.1) is 0 Å². The fourth-order valence-electron chi connectivity index (χ4n) is 3.37. The molecule has 0 spiro atoms. The zero-order valence-corrected chi connectivity index (χ0v) is 19.1. The summed E-state index contributed by atoms with van der Waals surface area (Å²) in [5.41, 5.74) is 1.81. The van der Waals surface area contributed by atoms with Crippen molar-refractivity contribution in [3.63, 3.8) is 0 Å². The monoisotopic (exact) mass is 458 g/mol. The SMILES string of the molecule is O=C(NCCNCCN(CCNC(=O)c1ccccc1)C(=O)c1ccccc1)c1ccccc1. The van der Waals surface area contributed by atoms with Crippen molar-refractivity contribution in [3.05, 3.63) is 108 Å². The van der Waals surface area contributed by atoms with Crippen LogP contribution in [0.3, 0.4) is 0 Å². The highest BCUT2D eigenvalue weighted by Crippen LogP contribution is 2.04. The number of rotatable bonds is 12. The molecule has 0 heterocycles. The van der Waals surface area contributed by atoms with Gasteiger partial charge in [0.1, 0.15) is 0 Å². The molecule has 0 aliphatic heterocycles. The normalized spacial score (nSPS) is 10.4. The predicted molar refractivity (Wildman–Crippen MR) is 133 cm³/mol. The maximum Gasteiger partial charge on any atom is 0.253 e. The van der Waals surface area contributed by atoms with E-state index < -0.39 is 0 Å². The summed E-state index contributed by atoms with van der Waals surface area (Å²) in [7, 11) is 0. The summed E-state index contributed by atoms with van der Waals surface area (Å²) in [5.74, 6) is -0.369. The van der Waals surface area contributed by atoms with Gasteiger partial charge in [-0.2, -0.15) is 0 Å². The Morgan fingerprint density at radius 2 is 0.971 bits per heavy atom. The molecule has 3 rings (SSSR count). The summed E-state index contributed by atoms with van der Waals surface area (Å²) in [6.45, 7) is 2.83. The highest BCUT2D eigenvalue weighted by atomic mass is 16.2. The first-order valence-electron chi connectivity index (χ1n) is 11.4. The third kappa shape index (κ3) is 7.86. The van der Waals surface area contributed by atoms with Crippen molar-refractivity contribution in [2.75, 3.05) is 39.3 Å². The molecule has 0 bridgehead atoms. The van der Waals surface area contributed by atoms with Gasteiger partial charge in [0.25, 0.3) is 17.7 Å². The quantitative estimate of drug-likeness (QED) is 0.364. The smallest absolute Gasteiger partial charge is 0.253 e. The standard InChI is InChI=1S/C27H30N4O3/c32-25(22-10-4-1-5-11-22)29-17-16-28-18-20-31(27(34)24-14-8-3-9-15-24)21-19-30-26(33)23-12-6-2-7-13-23/h1-15,28H,16-21H2,(H,29,32)(H,30,33). The minimum absolute atomic E-state index is 0.0891. The number of hydrogen-bond donors (Lipinski definition) is 3. The fourth-order valence-corrected chi connectivity index (χ4v) is 3.37. The van der Waals surface area contributed by atoms with Crippen LogP contribution in [0.15, 0.2) is 91.0 Å². The molecular formula is C27H30N4O3. The van der Waals surface area contributed by atoms with E-state index in [1.807, 2.05) is 54.6 Å². The molecule has 0 radical (unpaired) electrons. The van der Waals surface area contributed by atoms with E-state index in [4.69, 9.17) is 0 Å². The van der Waals surface area contributed by atoms with Gasteiger partial charge >= 0.3 is 0 Å². The summed E-state index contributed by atoms with van der Waals surface area (Å²) in [6, 6.07) is 27.1. The zero-order valence-electron chi connectivity index (χ0n) is 19.1. The highest BCUT2D eigenvalue weighted by Gasteiger charge is 2.15. The number of benzene rings is 3. The molecule has 0 unspecified atom stereocenters. The van der Waals surface area contributed by atoms with Crippen molar-refractivity contribution >= 4 is 17.7 Å². The average Bonchev–Trinajstić information content (AvgIpc) is 2.90. The molecule has 7 nitrogen and oxygen atoms in total. The summed E-state index contributed by atoms with van der Waals surface area (Å²) in [5, 5.41) is 9.00. The summed E-state index contributed by atoms with van der Waals surface area (Å²) >= 11 is 0. The lowest BCUT2D eigenvalue weighted by Crippen LogP contribution is -2.42. The van der Waals surface area contributed by atoms with E-state index in [-0.39, 0.29) is 17.7 Å². The van der Waals surface area contributed by atoms with Crippen LogP contribution in [-0.4, -0.2) is 61.9 Å². The van der Waals surface area contributed by atoms with Gasteiger partial charge in [0.05, 0.1) is 0 Å². The third-order valence-electron chi connectivity index (χ3n) is 5.19. The largest absolute Gasteiger partial charge is 0.351 e. The van der Waals surface area contributed by atoms with Gasteiger partial charge in [0, 0.05) is 56.0 Å². The summed E-state index contributed by atoms with van der Waals surface area (Å²) in [4.78, 5) is 39.1. The van der Waals surface area contributed by atoms with Crippen molar-refractivity contribution < 1.29 is 14.4 Å². The van der Waals surface area contributed by atoms with Crippen molar-refractivity contribution in [2.45, 2.75) is 0 Å². The van der Waals surface area contributed by atoms with Crippen LogP contribution in [0.25, 0.3) is 0 Å². The molecule has 0 saturated heterocycles. The number of nitrogens with zero attached hydrogens (tertiary/aromatic N) is 1. The van der Waals surface area contributed by atoms with E-state index in [0.717, 1.165) is 0 Å². The van der Waals surface area contributed by atoms with Crippen LogP contribution >= 0.6 is 0 Å². The van der Waals surface area contributed by atoms with Gasteiger partial charge in [-0.05, 0) is 36.4 Å². The number of carbonyl (C=O) groups excluding carboxylic acids is 3. The maximum absolute atomic E-state index is 13.0. The van der Waals surface area contributed by atoms with Crippen LogP contribution in [0, 0.1) is 0 Å². The second-order valence-corrected chi connectivity index (χ2v) is 7.65. The molecule has 0 aliphatic carbocycles. The molecule has 176 valence electrons. The first-order chi connectivity index (χ1) is 16.6. The molecule has 0 aromatic heterocycles. The van der Waals surface area contributed by atoms with Gasteiger partial charge in [-0.1, -0.05) is 54.6 Å². The van der Waals surface area contributed by atoms with Crippen molar-refractivity contribution in [1.29, 1.82) is 0 Å². The van der Waals surface area contributed by atoms with Gasteiger partial charge in [0.2, 0.25) is 0 Å². The number of hydrogen-bond acceptors (Lipinski definition) is 4. The molecule has 0 fully saturated rings. The van der Waals surface area contributed by atoms with Gasteiger partial charge in [0.15, 0.2) is 0 Å². The van der Waals surface area contributed by atoms with Crippen LogP contribution in [0.2, 0.25) is 0 Å². The van der Waals surface area contributed by atoms with Crippen molar-refractivity contribution in [3.8, 4) is 0 Å². The second-order valence-electron chi connectivity index (χ2n) is 7.65. The first kappa shape index (κ1) is 24.7. The van der Waals surface area contributed by atoms with E-state index in [1.165, 1.54) is 0 Å². The third-order valence-corrected chi connectivity index (χ3v) is 5.19. The van der Waals surface area contributed by atoms with Crippen molar-refractivity contribution in [2.24, 2.45) is 0 Å². The zero-order chi connectivity index (χ0) is 24.0. The van der Waals surface area contributed by atoms with E-state index in [9.17, 15) is 14.4 Å². The Kier molecular flexibility index (Phi) is 9.83. The van der Waals surface area contributed by atoms with Crippen LogP contribution in [0.5, 0.6) is 0 Å². The predicted octanol–water partition coefficient (Wildman–Crippen LogP) is 2.58. The Bertz CT molecular complexity index is 1040. The Morgan fingerprint density at radius 3 is 1.50 bits per heavy atom. The molecule has 3 N–H and O–H groups in total. The molecule has 7 heteroatoms. The Labute approximate surface area is 200 Å². The number of amides is 3. The molecule has 34 heavy (non-hydrogen) atoms. The average molecular weight is 459 g/mol. The topological polar surface area (TPSA) is 90.5 Å². The Balaban J connectivity index is 1.44. The van der Waals surface area contributed by atoms with Gasteiger partial charge in [-0.3, -0.25) is 14.4 Å². The lowest BCUT2D eigenvalue weighted by molar-refractivity contribution is 0.0750. The first-order valence-corrected chi connectivity index (χ1v) is 11.4. The van der Waals surface area contributed by atoms with Crippen LogP contribution in [0.1, 0.15) is 31.1 Å². The fraction of sp³-hybridized carbons (Fsp3) is 0.222. The Hall–Kier alpha value is -3.97. The minimum Gasteiger partial charge on any atom is -0.351 e. The molecular weight excluding hydrogens is 428 g/mol. The molecule has 0 aliphatic rings. The highest BCUT2D eigenvalue weighted by molar-refractivity contribution is 5.95. The molecule has 3 amide bonds. The van der Waals surface area contributed by atoms with E-state index in [2.05, 4.69) is 16.0 Å². The molecule has 3 aromatic rings. The maximum atomic E-state index is 13.0. The summed E-state index contributed by atoms with van der Waals surface area (Å²) in [6.07, 6.45) is 0. The molecule has 0 saturated carbocycles. The summed E-state index contributed by atoms with van der Waals surface area (Å²) < 4.78 is 0. The van der Waals surface area contributed by atoms with Crippen LogP contribution < -0.4 is 16.0 Å². The number of carbonyl (C=O) groups is 3. The van der Waals surface area contributed by atoms with Crippen LogP contribution in [0.4, 0.5) is 0 Å². The van der Waals surface area contributed by atoms with E-state index in [1.54, 1.807) is 41.3 Å².